The summed E-state index contributed by atoms with van der Waals surface area (Å²) in [6.45, 7) is 2.67. The Bertz CT molecular complexity index is 546. The van der Waals surface area contributed by atoms with E-state index in [0.29, 0.717) is 19.4 Å². The Morgan fingerprint density at radius 3 is 3.06 bits per heavy atom. The third-order valence-corrected chi connectivity index (χ3v) is 2.93. The molecule has 96 valence electrons. The monoisotopic (exact) mass is 246 g/mol. The van der Waals surface area contributed by atoms with E-state index in [2.05, 4.69) is 16.4 Å². The molecule has 1 heterocycles. The molecule has 0 bridgehead atoms. The molecule has 2 rings (SSSR count). The number of aliphatic hydroxyl groups is 1. The molecular weight excluding hydrogens is 228 g/mol. The molecule has 0 saturated heterocycles. The molecule has 1 aromatic heterocycles. The summed E-state index contributed by atoms with van der Waals surface area (Å²) in [4.78, 5) is 14.9. The number of H-pyrrole nitrogens is 1. The SMILES string of the molecule is Cc1ccc2c(CC(=O)NCCCO)c[nH]c2c1. The number of hydrogen-bond donors (Lipinski definition) is 3. The van der Waals surface area contributed by atoms with Gasteiger partial charge in [-0.3, -0.25) is 4.79 Å². The first-order chi connectivity index (χ1) is 8.70. The zero-order valence-corrected chi connectivity index (χ0v) is 10.5. The standard InChI is InChI=1S/C14H18N2O2/c1-10-3-4-12-11(9-16-13(12)7-10)8-14(18)15-5-2-6-17/h3-4,7,9,16-17H,2,5-6,8H2,1H3,(H,15,18). The van der Waals surface area contributed by atoms with E-state index >= 15 is 0 Å². The van der Waals surface area contributed by atoms with Gasteiger partial charge >= 0.3 is 0 Å². The Morgan fingerprint density at radius 1 is 1.44 bits per heavy atom. The van der Waals surface area contributed by atoms with Crippen LogP contribution >= 0.6 is 0 Å². The first-order valence-electron chi connectivity index (χ1n) is 6.15. The normalized spacial score (nSPS) is 10.8. The van der Waals surface area contributed by atoms with Crippen molar-refractivity contribution in [2.24, 2.45) is 0 Å². The van der Waals surface area contributed by atoms with E-state index in [1.165, 1.54) is 5.56 Å². The molecule has 0 saturated carbocycles. The van der Waals surface area contributed by atoms with Gasteiger partial charge in [-0.05, 0) is 30.5 Å². The molecule has 1 amide bonds. The third kappa shape index (κ3) is 2.90. The fraction of sp³-hybridized carbons (Fsp3) is 0.357. The van der Waals surface area contributed by atoms with Gasteiger partial charge in [-0.2, -0.15) is 0 Å². The van der Waals surface area contributed by atoms with E-state index in [4.69, 9.17) is 5.11 Å². The average Bonchev–Trinajstić information content (AvgIpc) is 2.72. The third-order valence-electron chi connectivity index (χ3n) is 2.93. The lowest BCUT2D eigenvalue weighted by molar-refractivity contribution is -0.120. The predicted octanol–water partition coefficient (Wildman–Crippen LogP) is 1.52. The molecule has 4 heteroatoms. The van der Waals surface area contributed by atoms with Crippen LogP contribution in [0.1, 0.15) is 17.5 Å². The molecule has 0 aliphatic rings. The van der Waals surface area contributed by atoms with Crippen molar-refractivity contribution in [3.63, 3.8) is 0 Å². The smallest absolute Gasteiger partial charge is 0.224 e. The number of aryl methyl sites for hydroxylation is 1. The van der Waals surface area contributed by atoms with Crippen molar-refractivity contribution in [3.05, 3.63) is 35.5 Å². The van der Waals surface area contributed by atoms with Crippen molar-refractivity contribution in [3.8, 4) is 0 Å². The number of aromatic amines is 1. The second kappa shape index (κ2) is 5.69. The van der Waals surface area contributed by atoms with E-state index in [0.717, 1.165) is 16.5 Å². The van der Waals surface area contributed by atoms with Crippen LogP contribution in [0.15, 0.2) is 24.4 Å². The van der Waals surface area contributed by atoms with Crippen LogP contribution in [-0.4, -0.2) is 29.1 Å². The summed E-state index contributed by atoms with van der Waals surface area (Å²) in [5, 5.41) is 12.5. The molecule has 0 aliphatic carbocycles. The first kappa shape index (κ1) is 12.6. The van der Waals surface area contributed by atoms with Crippen molar-refractivity contribution in [1.29, 1.82) is 0 Å². The summed E-state index contributed by atoms with van der Waals surface area (Å²) in [6.07, 6.45) is 2.85. The number of benzene rings is 1. The van der Waals surface area contributed by atoms with Gasteiger partial charge in [-0.15, -0.1) is 0 Å². The molecular formula is C14H18N2O2. The number of fused-ring (bicyclic) bond motifs is 1. The van der Waals surface area contributed by atoms with Gasteiger partial charge in [0.25, 0.3) is 0 Å². The number of nitrogens with one attached hydrogen (secondary N) is 2. The Morgan fingerprint density at radius 2 is 2.28 bits per heavy atom. The van der Waals surface area contributed by atoms with Crippen LogP contribution in [-0.2, 0) is 11.2 Å². The van der Waals surface area contributed by atoms with E-state index < -0.39 is 0 Å². The van der Waals surface area contributed by atoms with Crippen LogP contribution in [0.3, 0.4) is 0 Å². The largest absolute Gasteiger partial charge is 0.396 e. The van der Waals surface area contributed by atoms with Gasteiger partial charge in [0.05, 0.1) is 6.42 Å². The van der Waals surface area contributed by atoms with E-state index in [1.54, 1.807) is 0 Å². The van der Waals surface area contributed by atoms with Crippen molar-refractivity contribution >= 4 is 16.8 Å². The van der Waals surface area contributed by atoms with Gasteiger partial charge in [-0.25, -0.2) is 0 Å². The fourth-order valence-electron chi connectivity index (χ4n) is 1.99. The quantitative estimate of drug-likeness (QED) is 0.700. The number of carbonyl (C=O) groups is 1. The fourth-order valence-corrected chi connectivity index (χ4v) is 1.99. The van der Waals surface area contributed by atoms with Gasteiger partial charge in [0, 0.05) is 30.3 Å². The summed E-state index contributed by atoms with van der Waals surface area (Å²) in [6, 6.07) is 6.16. The highest BCUT2D eigenvalue weighted by Gasteiger charge is 2.08. The Balaban J connectivity index is 2.05. The molecule has 0 fully saturated rings. The van der Waals surface area contributed by atoms with E-state index in [9.17, 15) is 4.79 Å². The van der Waals surface area contributed by atoms with Crippen molar-refractivity contribution in [2.75, 3.05) is 13.2 Å². The van der Waals surface area contributed by atoms with E-state index in [-0.39, 0.29) is 12.5 Å². The highest BCUT2D eigenvalue weighted by atomic mass is 16.3. The maximum atomic E-state index is 11.7. The number of aromatic nitrogens is 1. The van der Waals surface area contributed by atoms with Crippen molar-refractivity contribution in [1.82, 2.24) is 10.3 Å². The molecule has 0 atom stereocenters. The summed E-state index contributed by atoms with van der Waals surface area (Å²) in [7, 11) is 0. The molecule has 0 radical (unpaired) electrons. The number of rotatable bonds is 5. The minimum Gasteiger partial charge on any atom is -0.396 e. The van der Waals surface area contributed by atoms with Gasteiger partial charge in [0.2, 0.25) is 5.91 Å². The molecule has 0 spiro atoms. The number of carbonyl (C=O) groups excluding carboxylic acids is 1. The van der Waals surface area contributed by atoms with Crippen LogP contribution in [0.25, 0.3) is 10.9 Å². The Hall–Kier alpha value is -1.81. The van der Waals surface area contributed by atoms with Gasteiger partial charge < -0.3 is 15.4 Å². The van der Waals surface area contributed by atoms with Gasteiger partial charge in [-0.1, -0.05) is 12.1 Å². The lowest BCUT2D eigenvalue weighted by atomic mass is 10.1. The summed E-state index contributed by atoms with van der Waals surface area (Å²) < 4.78 is 0. The lowest BCUT2D eigenvalue weighted by Gasteiger charge is -2.03. The summed E-state index contributed by atoms with van der Waals surface area (Å²) >= 11 is 0. The van der Waals surface area contributed by atoms with Crippen LogP contribution in [0.5, 0.6) is 0 Å². The molecule has 4 nitrogen and oxygen atoms in total. The van der Waals surface area contributed by atoms with Crippen LogP contribution in [0.4, 0.5) is 0 Å². The van der Waals surface area contributed by atoms with Crippen molar-refractivity contribution in [2.45, 2.75) is 19.8 Å². The zero-order chi connectivity index (χ0) is 13.0. The van der Waals surface area contributed by atoms with Gasteiger partial charge in [0.1, 0.15) is 0 Å². The molecule has 18 heavy (non-hydrogen) atoms. The molecule has 3 N–H and O–H groups in total. The predicted molar refractivity (Wildman–Crippen MR) is 71.5 cm³/mol. The lowest BCUT2D eigenvalue weighted by Crippen LogP contribution is -2.26. The average molecular weight is 246 g/mol. The second-order valence-corrected chi connectivity index (χ2v) is 4.47. The highest BCUT2D eigenvalue weighted by molar-refractivity contribution is 5.89. The first-order valence-corrected chi connectivity index (χ1v) is 6.15. The molecule has 0 unspecified atom stereocenters. The summed E-state index contributed by atoms with van der Waals surface area (Å²) in [5.74, 6) is -0.00933. The highest BCUT2D eigenvalue weighted by Crippen LogP contribution is 2.19. The second-order valence-electron chi connectivity index (χ2n) is 4.47. The van der Waals surface area contributed by atoms with Crippen LogP contribution in [0.2, 0.25) is 0 Å². The number of aliphatic hydroxyl groups excluding tert-OH is 1. The minimum atomic E-state index is -0.00933. The Labute approximate surface area is 106 Å². The number of amides is 1. The topological polar surface area (TPSA) is 65.1 Å². The van der Waals surface area contributed by atoms with Crippen LogP contribution in [0, 0.1) is 6.92 Å². The number of hydrogen-bond acceptors (Lipinski definition) is 2. The van der Waals surface area contributed by atoms with Crippen LogP contribution < -0.4 is 5.32 Å². The minimum absolute atomic E-state index is 0.00933. The summed E-state index contributed by atoms with van der Waals surface area (Å²) in [5.41, 5.74) is 3.27. The Kier molecular flexibility index (Phi) is 3.99. The molecule has 0 aliphatic heterocycles. The van der Waals surface area contributed by atoms with E-state index in [1.807, 2.05) is 25.3 Å². The van der Waals surface area contributed by atoms with Gasteiger partial charge in [0.15, 0.2) is 0 Å². The molecule has 2 aromatic rings. The maximum Gasteiger partial charge on any atom is 0.224 e. The molecule has 1 aromatic carbocycles. The maximum absolute atomic E-state index is 11.7. The van der Waals surface area contributed by atoms with Crippen molar-refractivity contribution < 1.29 is 9.90 Å². The zero-order valence-electron chi connectivity index (χ0n) is 10.5.